The summed E-state index contributed by atoms with van der Waals surface area (Å²) in [7, 11) is 0. The molecule has 128 valence electrons. The summed E-state index contributed by atoms with van der Waals surface area (Å²) in [5.41, 5.74) is 2.48. The molecule has 0 unspecified atom stereocenters. The predicted molar refractivity (Wildman–Crippen MR) is 97.9 cm³/mol. The van der Waals surface area contributed by atoms with Crippen molar-refractivity contribution in [3.05, 3.63) is 40.4 Å². The molecule has 0 saturated heterocycles. The van der Waals surface area contributed by atoms with Gasteiger partial charge in [-0.25, -0.2) is 4.98 Å². The summed E-state index contributed by atoms with van der Waals surface area (Å²) >= 11 is 1.63. The molecular formula is C19H24N2O2S. The third-order valence-corrected chi connectivity index (χ3v) is 5.31. The molecule has 24 heavy (non-hydrogen) atoms. The predicted octanol–water partition coefficient (Wildman–Crippen LogP) is 4.38. The lowest BCUT2D eigenvalue weighted by Gasteiger charge is -2.06. The van der Waals surface area contributed by atoms with E-state index in [1.165, 1.54) is 29.0 Å². The molecule has 1 heterocycles. The zero-order valence-electron chi connectivity index (χ0n) is 14.1. The van der Waals surface area contributed by atoms with E-state index >= 15 is 0 Å². The van der Waals surface area contributed by atoms with E-state index in [1.54, 1.807) is 11.3 Å². The molecule has 1 amide bonds. The van der Waals surface area contributed by atoms with Gasteiger partial charge in [0, 0.05) is 11.3 Å². The number of hydrogen-bond acceptors (Lipinski definition) is 4. The molecule has 1 aromatic carbocycles. The van der Waals surface area contributed by atoms with Crippen molar-refractivity contribution < 1.29 is 9.53 Å². The van der Waals surface area contributed by atoms with E-state index in [0.29, 0.717) is 19.4 Å². The second-order valence-electron chi connectivity index (χ2n) is 6.09. The van der Waals surface area contributed by atoms with E-state index in [-0.39, 0.29) is 5.91 Å². The molecule has 1 N–H and O–H groups in total. The minimum atomic E-state index is 0.0195. The number of amides is 1. The van der Waals surface area contributed by atoms with Crippen LogP contribution < -0.4 is 10.1 Å². The van der Waals surface area contributed by atoms with Crippen LogP contribution in [-0.4, -0.2) is 17.5 Å². The minimum Gasteiger partial charge on any atom is -0.494 e. The third-order valence-electron chi connectivity index (χ3n) is 4.24. The molecule has 0 aliphatic heterocycles. The molecule has 1 aliphatic carbocycles. The topological polar surface area (TPSA) is 51.2 Å². The molecule has 1 aromatic heterocycles. The van der Waals surface area contributed by atoms with Crippen LogP contribution in [0, 0.1) is 0 Å². The van der Waals surface area contributed by atoms with Gasteiger partial charge in [-0.1, -0.05) is 19.1 Å². The second-order valence-corrected chi connectivity index (χ2v) is 7.18. The van der Waals surface area contributed by atoms with Gasteiger partial charge in [-0.15, -0.1) is 11.3 Å². The Morgan fingerprint density at radius 2 is 2.04 bits per heavy atom. The highest BCUT2D eigenvalue weighted by Crippen LogP contribution is 2.29. The van der Waals surface area contributed by atoms with Crippen molar-refractivity contribution in [3.63, 3.8) is 0 Å². The first kappa shape index (κ1) is 17.0. The van der Waals surface area contributed by atoms with Crippen LogP contribution in [0.15, 0.2) is 24.3 Å². The molecule has 0 bridgehead atoms. The molecule has 3 rings (SSSR count). The van der Waals surface area contributed by atoms with E-state index in [9.17, 15) is 4.79 Å². The molecule has 1 aliphatic rings. The second kappa shape index (κ2) is 8.29. The Kier molecular flexibility index (Phi) is 5.86. The van der Waals surface area contributed by atoms with Crippen molar-refractivity contribution in [3.8, 4) is 5.75 Å². The summed E-state index contributed by atoms with van der Waals surface area (Å²) in [4.78, 5) is 17.9. The van der Waals surface area contributed by atoms with Gasteiger partial charge in [0.1, 0.15) is 5.75 Å². The Balaban J connectivity index is 1.38. The average Bonchev–Trinajstić information content (AvgIpc) is 3.01. The highest BCUT2D eigenvalue weighted by Gasteiger charge is 2.16. The van der Waals surface area contributed by atoms with Crippen molar-refractivity contribution in [2.45, 2.75) is 51.9 Å². The third kappa shape index (κ3) is 4.57. The van der Waals surface area contributed by atoms with Crippen LogP contribution in [0.5, 0.6) is 5.75 Å². The van der Waals surface area contributed by atoms with Gasteiger partial charge < -0.3 is 10.1 Å². The first-order valence-electron chi connectivity index (χ1n) is 8.75. The number of nitrogens with one attached hydrogen (secondary N) is 1. The number of rotatable bonds is 7. The number of ether oxygens (including phenoxy) is 1. The van der Waals surface area contributed by atoms with Crippen LogP contribution in [0.4, 0.5) is 5.13 Å². The number of benzene rings is 1. The van der Waals surface area contributed by atoms with Crippen LogP contribution in [0.2, 0.25) is 0 Å². The number of carbonyl (C=O) groups is 1. The van der Waals surface area contributed by atoms with Crippen LogP contribution in [-0.2, 0) is 24.1 Å². The summed E-state index contributed by atoms with van der Waals surface area (Å²) < 4.78 is 5.68. The maximum Gasteiger partial charge on any atom is 0.226 e. The molecule has 0 fully saturated rings. The molecule has 2 aromatic rings. The van der Waals surface area contributed by atoms with E-state index in [1.807, 2.05) is 12.1 Å². The summed E-state index contributed by atoms with van der Waals surface area (Å²) in [6, 6.07) is 8.12. The van der Waals surface area contributed by atoms with Gasteiger partial charge in [0.2, 0.25) is 5.91 Å². The minimum absolute atomic E-state index is 0.0195. The van der Waals surface area contributed by atoms with Crippen LogP contribution in [0.25, 0.3) is 0 Å². The van der Waals surface area contributed by atoms with Crippen LogP contribution in [0.1, 0.15) is 48.7 Å². The first-order chi connectivity index (χ1) is 11.7. The number of carbonyl (C=O) groups excluding carboxylic acids is 1. The normalized spacial score (nSPS) is 13.4. The number of anilines is 1. The summed E-state index contributed by atoms with van der Waals surface area (Å²) in [5, 5.41) is 3.68. The lowest BCUT2D eigenvalue weighted by Crippen LogP contribution is -2.12. The van der Waals surface area contributed by atoms with Crippen LogP contribution in [0.3, 0.4) is 0 Å². The van der Waals surface area contributed by atoms with Crippen molar-refractivity contribution in [1.82, 2.24) is 4.98 Å². The Labute approximate surface area is 147 Å². The Bertz CT molecular complexity index is 656. The van der Waals surface area contributed by atoms with E-state index in [4.69, 9.17) is 4.74 Å². The first-order valence-corrected chi connectivity index (χ1v) is 9.56. The highest BCUT2D eigenvalue weighted by molar-refractivity contribution is 7.15. The number of nitrogens with zero attached hydrogens (tertiary/aromatic N) is 1. The zero-order valence-corrected chi connectivity index (χ0v) is 15.0. The summed E-state index contributed by atoms with van der Waals surface area (Å²) in [6.07, 6.45) is 6.78. The highest BCUT2D eigenvalue weighted by atomic mass is 32.1. The van der Waals surface area contributed by atoms with Gasteiger partial charge >= 0.3 is 0 Å². The standard InChI is InChI=1S/C19H24N2O2S/c1-2-14-9-11-15(12-10-14)23-13-5-8-18(22)21-19-20-16-6-3-4-7-17(16)24-19/h9-12H,2-8,13H2,1H3,(H,20,21,22). The quantitative estimate of drug-likeness (QED) is 0.758. The molecule has 0 saturated carbocycles. The molecule has 0 radical (unpaired) electrons. The van der Waals surface area contributed by atoms with Gasteiger partial charge in [0.25, 0.3) is 0 Å². The van der Waals surface area contributed by atoms with Gasteiger partial charge in [-0.05, 0) is 56.2 Å². The molecular weight excluding hydrogens is 320 g/mol. The number of fused-ring (bicyclic) bond motifs is 1. The number of aryl methyl sites for hydroxylation is 3. The van der Waals surface area contributed by atoms with Crippen LogP contribution >= 0.6 is 11.3 Å². The average molecular weight is 344 g/mol. The Hall–Kier alpha value is -1.88. The monoisotopic (exact) mass is 344 g/mol. The van der Waals surface area contributed by atoms with Gasteiger partial charge in [0.15, 0.2) is 5.13 Å². The van der Waals surface area contributed by atoms with E-state index in [0.717, 1.165) is 30.1 Å². The Morgan fingerprint density at radius 1 is 1.25 bits per heavy atom. The van der Waals surface area contributed by atoms with Gasteiger partial charge in [0.05, 0.1) is 12.3 Å². The number of hydrogen-bond donors (Lipinski definition) is 1. The summed E-state index contributed by atoms with van der Waals surface area (Å²) in [5.74, 6) is 0.881. The fraction of sp³-hybridized carbons (Fsp3) is 0.474. The Morgan fingerprint density at radius 3 is 2.79 bits per heavy atom. The molecule has 0 atom stereocenters. The van der Waals surface area contributed by atoms with Crippen molar-refractivity contribution in [2.24, 2.45) is 0 Å². The maximum absolute atomic E-state index is 12.0. The largest absolute Gasteiger partial charge is 0.494 e. The van der Waals surface area contributed by atoms with Gasteiger partial charge in [-0.2, -0.15) is 0 Å². The molecule has 4 nitrogen and oxygen atoms in total. The fourth-order valence-corrected chi connectivity index (χ4v) is 3.90. The van der Waals surface area contributed by atoms with E-state index < -0.39 is 0 Å². The summed E-state index contributed by atoms with van der Waals surface area (Å²) in [6.45, 7) is 2.68. The zero-order chi connectivity index (χ0) is 16.8. The van der Waals surface area contributed by atoms with E-state index in [2.05, 4.69) is 29.4 Å². The van der Waals surface area contributed by atoms with Crippen molar-refractivity contribution >= 4 is 22.4 Å². The molecule has 5 heteroatoms. The van der Waals surface area contributed by atoms with Crippen molar-refractivity contribution in [2.75, 3.05) is 11.9 Å². The number of thiazole rings is 1. The SMILES string of the molecule is CCc1ccc(OCCCC(=O)Nc2nc3c(s2)CCCC3)cc1. The maximum atomic E-state index is 12.0. The lowest BCUT2D eigenvalue weighted by molar-refractivity contribution is -0.116. The molecule has 0 spiro atoms. The fourth-order valence-electron chi connectivity index (χ4n) is 2.83. The lowest BCUT2D eigenvalue weighted by atomic mass is 10.0. The van der Waals surface area contributed by atoms with Crippen molar-refractivity contribution in [1.29, 1.82) is 0 Å². The smallest absolute Gasteiger partial charge is 0.226 e. The van der Waals surface area contributed by atoms with Gasteiger partial charge in [-0.3, -0.25) is 4.79 Å². The number of aromatic nitrogens is 1.